The molecule has 8 nitrogen and oxygen atoms in total. The zero-order valence-electron chi connectivity index (χ0n) is 17.8. The fourth-order valence-electron chi connectivity index (χ4n) is 3.39. The number of amides is 1. The molecule has 0 aliphatic heterocycles. The van der Waals surface area contributed by atoms with Crippen molar-refractivity contribution in [2.45, 2.75) is 23.7 Å². The molecule has 4 aromatic rings. The summed E-state index contributed by atoms with van der Waals surface area (Å²) >= 11 is 0. The monoisotopic (exact) mass is 477 g/mol. The van der Waals surface area contributed by atoms with Crippen molar-refractivity contribution in [3.8, 4) is 11.4 Å². The minimum Gasteiger partial charge on any atom is -0.322 e. The van der Waals surface area contributed by atoms with Gasteiger partial charge in [-0.1, -0.05) is 6.07 Å². The Morgan fingerprint density at radius 1 is 0.971 bits per heavy atom. The number of H-pyrrole nitrogens is 1. The molecule has 0 bridgehead atoms. The maximum absolute atomic E-state index is 13.1. The number of nitrogens with one attached hydrogen (secondary N) is 3. The maximum Gasteiger partial charge on any atom is 0.261 e. The molecule has 1 fully saturated rings. The number of aromatic nitrogens is 3. The summed E-state index contributed by atoms with van der Waals surface area (Å²) in [5, 5.41) is 9.98. The van der Waals surface area contributed by atoms with Crippen molar-refractivity contribution < 1.29 is 17.6 Å². The van der Waals surface area contributed by atoms with Crippen LogP contribution in [0.4, 0.5) is 15.8 Å². The number of sulfonamides is 1. The molecule has 5 rings (SSSR count). The Morgan fingerprint density at radius 2 is 1.68 bits per heavy atom. The topological polar surface area (TPSA) is 117 Å². The highest BCUT2D eigenvalue weighted by Crippen LogP contribution is 2.38. The van der Waals surface area contributed by atoms with Gasteiger partial charge in [-0.3, -0.25) is 14.6 Å². The Labute approximate surface area is 195 Å². The second-order valence-electron chi connectivity index (χ2n) is 7.99. The van der Waals surface area contributed by atoms with Crippen LogP contribution in [0.5, 0.6) is 0 Å². The third-order valence-electron chi connectivity index (χ3n) is 5.37. The molecule has 3 aromatic carbocycles. The van der Waals surface area contributed by atoms with Crippen molar-refractivity contribution >= 4 is 27.3 Å². The summed E-state index contributed by atoms with van der Waals surface area (Å²) in [5.41, 5.74) is 1.76. The van der Waals surface area contributed by atoms with Gasteiger partial charge in [0, 0.05) is 28.4 Å². The van der Waals surface area contributed by atoms with E-state index in [4.69, 9.17) is 0 Å². The smallest absolute Gasteiger partial charge is 0.261 e. The van der Waals surface area contributed by atoms with Crippen LogP contribution in [0.3, 0.4) is 0 Å². The molecule has 34 heavy (non-hydrogen) atoms. The van der Waals surface area contributed by atoms with E-state index in [1.54, 1.807) is 12.1 Å². The highest BCUT2D eigenvalue weighted by atomic mass is 32.2. The number of halogens is 1. The van der Waals surface area contributed by atoms with Crippen LogP contribution >= 0.6 is 0 Å². The number of nitrogens with zero attached hydrogens (tertiary/aromatic N) is 2. The van der Waals surface area contributed by atoms with Crippen molar-refractivity contribution in [2.75, 3.05) is 10.0 Å². The predicted octanol–water partition coefficient (Wildman–Crippen LogP) is 4.54. The second kappa shape index (κ2) is 8.71. The van der Waals surface area contributed by atoms with Crippen LogP contribution in [0, 0.1) is 5.82 Å². The van der Waals surface area contributed by atoms with Crippen LogP contribution in [0.1, 0.15) is 34.9 Å². The normalized spacial score (nSPS) is 13.4. The molecule has 0 spiro atoms. The molecular weight excluding hydrogens is 457 g/mol. The highest BCUT2D eigenvalue weighted by Gasteiger charge is 2.27. The molecule has 172 valence electrons. The predicted molar refractivity (Wildman–Crippen MR) is 125 cm³/mol. The van der Waals surface area contributed by atoms with Crippen molar-refractivity contribution in [1.29, 1.82) is 0 Å². The Balaban J connectivity index is 1.28. The molecule has 0 atom stereocenters. The van der Waals surface area contributed by atoms with Gasteiger partial charge in [0.05, 0.1) is 4.90 Å². The lowest BCUT2D eigenvalue weighted by Crippen LogP contribution is -2.16. The van der Waals surface area contributed by atoms with Gasteiger partial charge in [-0.2, -0.15) is 5.10 Å². The molecule has 1 amide bonds. The zero-order valence-corrected chi connectivity index (χ0v) is 18.6. The van der Waals surface area contributed by atoms with E-state index in [9.17, 15) is 17.6 Å². The van der Waals surface area contributed by atoms with E-state index >= 15 is 0 Å². The first-order chi connectivity index (χ1) is 16.4. The van der Waals surface area contributed by atoms with E-state index in [2.05, 4.69) is 25.2 Å². The standard InChI is InChI=1S/C24H20FN5O3S/c25-18-8-12-20(13-9-18)30-34(32,33)21-3-1-2-17(14-21)24(31)26-19-10-6-16(7-11-19)23-27-22(28-29-23)15-4-5-15/h1-3,6-15,30H,4-5H2,(H,26,31)(H,27,28,29). The summed E-state index contributed by atoms with van der Waals surface area (Å²) in [7, 11) is -3.96. The Morgan fingerprint density at radius 3 is 2.38 bits per heavy atom. The molecule has 1 aliphatic rings. The van der Waals surface area contributed by atoms with E-state index in [-0.39, 0.29) is 16.1 Å². The van der Waals surface area contributed by atoms with Crippen LogP contribution in [-0.4, -0.2) is 29.5 Å². The Kier molecular flexibility index (Phi) is 5.58. The molecule has 3 N–H and O–H groups in total. The summed E-state index contributed by atoms with van der Waals surface area (Å²) < 4.78 is 40.8. The van der Waals surface area contributed by atoms with Crippen molar-refractivity contribution in [3.63, 3.8) is 0 Å². The van der Waals surface area contributed by atoms with E-state index in [1.807, 2.05) is 12.1 Å². The average molecular weight is 478 g/mol. The first-order valence-electron chi connectivity index (χ1n) is 10.6. The summed E-state index contributed by atoms with van der Waals surface area (Å²) in [5.74, 6) is 1.05. The highest BCUT2D eigenvalue weighted by molar-refractivity contribution is 7.92. The van der Waals surface area contributed by atoms with Crippen molar-refractivity contribution in [2.24, 2.45) is 0 Å². The van der Waals surface area contributed by atoms with Gasteiger partial charge < -0.3 is 5.32 Å². The van der Waals surface area contributed by atoms with Crippen molar-refractivity contribution in [1.82, 2.24) is 15.2 Å². The van der Waals surface area contributed by atoms with Gasteiger partial charge in [0.25, 0.3) is 15.9 Å². The number of hydrogen-bond acceptors (Lipinski definition) is 5. The quantitative estimate of drug-likeness (QED) is 0.361. The fraction of sp³-hybridized carbons (Fsp3) is 0.125. The molecule has 0 saturated heterocycles. The molecule has 1 heterocycles. The van der Waals surface area contributed by atoms with Crippen LogP contribution in [0.15, 0.2) is 77.7 Å². The summed E-state index contributed by atoms with van der Waals surface area (Å²) in [4.78, 5) is 17.2. The number of benzene rings is 3. The Hall–Kier alpha value is -4.05. The summed E-state index contributed by atoms with van der Waals surface area (Å²) in [6, 6.07) is 17.7. The second-order valence-corrected chi connectivity index (χ2v) is 9.67. The molecule has 0 unspecified atom stereocenters. The summed E-state index contributed by atoms with van der Waals surface area (Å²) in [6.45, 7) is 0. The van der Waals surface area contributed by atoms with Gasteiger partial charge in [-0.25, -0.2) is 17.8 Å². The van der Waals surface area contributed by atoms with Crippen molar-refractivity contribution in [3.05, 3.63) is 90.0 Å². The maximum atomic E-state index is 13.1. The number of carbonyl (C=O) groups is 1. The van der Waals surface area contributed by atoms with Gasteiger partial charge in [0.15, 0.2) is 5.82 Å². The molecule has 1 saturated carbocycles. The number of rotatable bonds is 7. The molecular formula is C24H20FN5O3S. The minimum absolute atomic E-state index is 0.0871. The number of aromatic amines is 1. The third kappa shape index (κ3) is 4.81. The van der Waals surface area contributed by atoms with Crippen LogP contribution in [0.2, 0.25) is 0 Å². The first kappa shape index (κ1) is 21.8. The Bertz CT molecular complexity index is 1450. The van der Waals surface area contributed by atoms with Gasteiger partial charge in [0.1, 0.15) is 11.6 Å². The van der Waals surface area contributed by atoms with Gasteiger partial charge in [-0.05, 0) is 79.6 Å². The molecule has 10 heteroatoms. The van der Waals surface area contributed by atoms with E-state index in [0.717, 1.165) is 36.4 Å². The zero-order chi connectivity index (χ0) is 23.7. The fourth-order valence-corrected chi connectivity index (χ4v) is 4.49. The van der Waals surface area contributed by atoms with Gasteiger partial charge >= 0.3 is 0 Å². The first-order valence-corrected chi connectivity index (χ1v) is 12.1. The van der Waals surface area contributed by atoms with E-state index in [0.29, 0.717) is 17.4 Å². The lowest BCUT2D eigenvalue weighted by atomic mass is 10.1. The minimum atomic E-state index is -3.96. The largest absolute Gasteiger partial charge is 0.322 e. The van der Waals surface area contributed by atoms with Gasteiger partial charge in [0.2, 0.25) is 0 Å². The van der Waals surface area contributed by atoms with Crippen LogP contribution < -0.4 is 10.0 Å². The lowest BCUT2D eigenvalue weighted by molar-refractivity contribution is 0.102. The molecule has 1 aromatic heterocycles. The van der Waals surface area contributed by atoms with Crippen LogP contribution in [0.25, 0.3) is 11.4 Å². The lowest BCUT2D eigenvalue weighted by Gasteiger charge is -2.10. The van der Waals surface area contributed by atoms with E-state index < -0.39 is 21.7 Å². The SMILES string of the molecule is O=C(Nc1ccc(-c2n[nH]c(C3CC3)n2)cc1)c1cccc(S(=O)(=O)Nc2ccc(F)cc2)c1. The average Bonchev–Trinajstić information content (AvgIpc) is 3.57. The number of anilines is 2. The van der Waals surface area contributed by atoms with Gasteiger partial charge in [-0.15, -0.1) is 0 Å². The number of carbonyl (C=O) groups excluding carboxylic acids is 1. The number of hydrogen-bond donors (Lipinski definition) is 3. The summed E-state index contributed by atoms with van der Waals surface area (Å²) in [6.07, 6.45) is 2.26. The van der Waals surface area contributed by atoms with Crippen LogP contribution in [-0.2, 0) is 10.0 Å². The molecule has 1 aliphatic carbocycles. The van der Waals surface area contributed by atoms with E-state index in [1.165, 1.54) is 36.4 Å². The molecule has 0 radical (unpaired) electrons. The third-order valence-corrected chi connectivity index (χ3v) is 6.75.